The number of aryl methyl sites for hydroxylation is 2. The second-order valence-electron chi connectivity index (χ2n) is 12.7. The Morgan fingerprint density at radius 1 is 0.489 bits per heavy atom. The Morgan fingerprint density at radius 3 is 1.81 bits per heavy atom. The van der Waals surface area contributed by atoms with Gasteiger partial charge in [-0.25, -0.2) is 0 Å². The highest BCUT2D eigenvalue weighted by atomic mass is 16.5. The molecule has 0 saturated carbocycles. The predicted octanol–water partition coefficient (Wildman–Crippen LogP) is 9.55. The van der Waals surface area contributed by atoms with Gasteiger partial charge in [0, 0.05) is 38.7 Å². The van der Waals surface area contributed by atoms with Crippen molar-refractivity contribution >= 4 is 72.9 Å². The lowest BCUT2D eigenvalue weighted by atomic mass is 9.34. The van der Waals surface area contributed by atoms with E-state index in [0.29, 0.717) is 0 Å². The molecule has 0 unspecified atom stereocenters. The van der Waals surface area contributed by atoms with Gasteiger partial charge in [-0.15, -0.1) is 0 Å². The van der Waals surface area contributed by atoms with E-state index >= 15 is 0 Å². The first-order chi connectivity index (χ1) is 23.1. The molecule has 0 fully saturated rings. The summed E-state index contributed by atoms with van der Waals surface area (Å²) in [6.45, 7) is 4.25. The van der Waals surface area contributed by atoms with Gasteiger partial charge >= 0.3 is 0 Å². The van der Waals surface area contributed by atoms with Crippen LogP contribution in [0.25, 0.3) is 32.7 Å². The zero-order valence-electron chi connectivity index (χ0n) is 26.0. The van der Waals surface area contributed by atoms with Gasteiger partial charge in [-0.05, 0) is 96.9 Å². The minimum Gasteiger partial charge on any atom is -0.458 e. The number of furan rings is 1. The standard InChI is InChI=1S/C42H28BNO3/c1-25-13-19-36-34(21-25)43-35-22-26(2)14-20-37(35)46-42-39(43)38(45-36)24-33-32-17-15-27-23-30(16-18-31(27)40(32)47-41(33)42)44(28-9-5-3-6-10-28)29-11-7-4-8-12-29/h3-24H,1-2H3. The monoisotopic (exact) mass is 605 g/mol. The lowest BCUT2D eigenvalue weighted by molar-refractivity contribution is 0.462. The molecule has 47 heavy (non-hydrogen) atoms. The third-order valence-electron chi connectivity index (χ3n) is 9.64. The molecule has 2 aliphatic rings. The van der Waals surface area contributed by atoms with E-state index in [-0.39, 0.29) is 6.71 Å². The maximum Gasteiger partial charge on any atom is 0.260 e. The largest absolute Gasteiger partial charge is 0.458 e. The van der Waals surface area contributed by atoms with Gasteiger partial charge in [-0.2, -0.15) is 0 Å². The summed E-state index contributed by atoms with van der Waals surface area (Å²) in [6.07, 6.45) is 0. The molecular weight excluding hydrogens is 577 g/mol. The average molecular weight is 606 g/mol. The van der Waals surface area contributed by atoms with E-state index in [0.717, 1.165) is 89.2 Å². The van der Waals surface area contributed by atoms with Crippen molar-refractivity contribution in [2.45, 2.75) is 13.8 Å². The SMILES string of the molecule is Cc1ccc2c(c1)B1c3cc(C)ccc3Oc3c1c(cc1c3oc3c4ccc(N(c5ccccc5)c5ccccc5)cc4ccc13)O2. The Labute approximate surface area is 272 Å². The topological polar surface area (TPSA) is 34.8 Å². The second kappa shape index (κ2) is 9.78. The molecular formula is C42H28BNO3. The van der Waals surface area contributed by atoms with Crippen LogP contribution < -0.4 is 30.8 Å². The lowest BCUT2D eigenvalue weighted by Gasteiger charge is -2.33. The number of fused-ring (bicyclic) bond motifs is 10. The lowest BCUT2D eigenvalue weighted by Crippen LogP contribution is -2.57. The molecule has 0 atom stereocenters. The van der Waals surface area contributed by atoms with Crippen LogP contribution in [0.1, 0.15) is 11.1 Å². The van der Waals surface area contributed by atoms with Crippen molar-refractivity contribution < 1.29 is 13.9 Å². The van der Waals surface area contributed by atoms with Crippen molar-refractivity contribution in [2.24, 2.45) is 0 Å². The van der Waals surface area contributed by atoms with Crippen LogP contribution in [0, 0.1) is 13.8 Å². The van der Waals surface area contributed by atoms with Gasteiger partial charge in [0.05, 0.1) is 0 Å². The third-order valence-corrected chi connectivity index (χ3v) is 9.64. The maximum absolute atomic E-state index is 6.86. The Morgan fingerprint density at radius 2 is 1.13 bits per heavy atom. The van der Waals surface area contributed by atoms with Crippen LogP contribution in [0.15, 0.2) is 138 Å². The Bertz CT molecular complexity index is 2500. The summed E-state index contributed by atoms with van der Waals surface area (Å²) < 4.78 is 20.2. The third kappa shape index (κ3) is 3.90. The van der Waals surface area contributed by atoms with Crippen molar-refractivity contribution in [1.29, 1.82) is 0 Å². The number of ether oxygens (including phenoxy) is 2. The van der Waals surface area contributed by atoms with Crippen LogP contribution in [-0.4, -0.2) is 6.71 Å². The number of para-hydroxylation sites is 2. The van der Waals surface area contributed by atoms with Crippen molar-refractivity contribution in [3.8, 4) is 23.0 Å². The highest BCUT2D eigenvalue weighted by molar-refractivity contribution is 6.98. The minimum absolute atomic E-state index is 0.00818. The Balaban J connectivity index is 1.19. The predicted molar refractivity (Wildman–Crippen MR) is 193 cm³/mol. The molecule has 0 aliphatic carbocycles. The molecule has 0 amide bonds. The zero-order valence-corrected chi connectivity index (χ0v) is 26.0. The van der Waals surface area contributed by atoms with Gasteiger partial charge in [0.25, 0.3) is 6.71 Å². The van der Waals surface area contributed by atoms with Crippen LogP contribution >= 0.6 is 0 Å². The molecule has 4 nitrogen and oxygen atoms in total. The summed E-state index contributed by atoms with van der Waals surface area (Å²) in [7, 11) is 0. The zero-order chi connectivity index (χ0) is 31.2. The van der Waals surface area contributed by atoms with E-state index in [1.165, 1.54) is 11.1 Å². The van der Waals surface area contributed by atoms with Gasteiger partial charge in [0.2, 0.25) is 0 Å². The normalized spacial score (nSPS) is 12.8. The summed E-state index contributed by atoms with van der Waals surface area (Å²) in [5.74, 6) is 3.31. The second-order valence-corrected chi connectivity index (χ2v) is 12.7. The number of rotatable bonds is 3. The van der Waals surface area contributed by atoms with Gasteiger partial charge in [-0.1, -0.05) is 77.9 Å². The van der Waals surface area contributed by atoms with Crippen molar-refractivity contribution in [2.75, 3.05) is 4.90 Å². The van der Waals surface area contributed by atoms with Crippen molar-refractivity contribution in [3.05, 3.63) is 145 Å². The molecule has 0 radical (unpaired) electrons. The summed E-state index contributed by atoms with van der Waals surface area (Å²) in [5.41, 5.74) is 10.6. The quantitative estimate of drug-likeness (QED) is 0.188. The smallest absolute Gasteiger partial charge is 0.260 e. The van der Waals surface area contributed by atoms with E-state index in [2.05, 4.69) is 140 Å². The van der Waals surface area contributed by atoms with E-state index in [1.807, 2.05) is 12.1 Å². The number of benzene rings is 7. The molecule has 5 heteroatoms. The average Bonchev–Trinajstić information content (AvgIpc) is 3.48. The van der Waals surface area contributed by atoms with Crippen LogP contribution in [0.4, 0.5) is 17.1 Å². The van der Waals surface area contributed by atoms with Gasteiger partial charge in [0.1, 0.15) is 22.8 Å². The summed E-state index contributed by atoms with van der Waals surface area (Å²) >= 11 is 0. The molecule has 0 bridgehead atoms. The Kier molecular flexibility index (Phi) is 5.47. The van der Waals surface area contributed by atoms with E-state index in [1.54, 1.807) is 0 Å². The van der Waals surface area contributed by atoms with Crippen LogP contribution in [0.2, 0.25) is 0 Å². The first-order valence-corrected chi connectivity index (χ1v) is 16.0. The minimum atomic E-state index is -0.00818. The fraction of sp³-hybridized carbons (Fsp3) is 0.0476. The summed E-state index contributed by atoms with van der Waals surface area (Å²) in [6, 6.07) is 46.9. The van der Waals surface area contributed by atoms with Gasteiger partial charge < -0.3 is 18.8 Å². The Hall–Kier alpha value is -5.94. The van der Waals surface area contributed by atoms with Crippen molar-refractivity contribution in [1.82, 2.24) is 0 Å². The number of hydrogen-bond donors (Lipinski definition) is 0. The summed E-state index contributed by atoms with van der Waals surface area (Å²) in [5, 5.41) is 4.18. The number of anilines is 3. The fourth-order valence-corrected chi connectivity index (χ4v) is 7.52. The highest BCUT2D eigenvalue weighted by Crippen LogP contribution is 2.45. The van der Waals surface area contributed by atoms with Gasteiger partial charge in [0.15, 0.2) is 11.3 Å². The molecule has 0 saturated heterocycles. The number of hydrogen-bond acceptors (Lipinski definition) is 4. The van der Waals surface area contributed by atoms with Crippen LogP contribution in [0.3, 0.4) is 0 Å². The maximum atomic E-state index is 6.86. The van der Waals surface area contributed by atoms with Gasteiger partial charge in [-0.3, -0.25) is 0 Å². The molecule has 7 aromatic carbocycles. The molecule has 3 heterocycles. The summed E-state index contributed by atoms with van der Waals surface area (Å²) in [4.78, 5) is 2.28. The van der Waals surface area contributed by atoms with Crippen LogP contribution in [-0.2, 0) is 0 Å². The molecule has 8 aromatic rings. The molecule has 1 aromatic heterocycles. The highest BCUT2D eigenvalue weighted by Gasteiger charge is 2.42. The first-order valence-electron chi connectivity index (χ1n) is 16.0. The fourth-order valence-electron chi connectivity index (χ4n) is 7.52. The van der Waals surface area contributed by atoms with Crippen molar-refractivity contribution in [3.63, 3.8) is 0 Å². The number of nitrogens with zero attached hydrogens (tertiary/aromatic N) is 1. The van der Waals surface area contributed by atoms with E-state index in [4.69, 9.17) is 13.9 Å². The molecule has 2 aliphatic heterocycles. The van der Waals surface area contributed by atoms with E-state index in [9.17, 15) is 0 Å². The molecule has 222 valence electrons. The molecule has 10 rings (SSSR count). The molecule has 0 spiro atoms. The molecule has 0 N–H and O–H groups in total. The van der Waals surface area contributed by atoms with E-state index < -0.39 is 0 Å². The first kappa shape index (κ1) is 26.3. The van der Waals surface area contributed by atoms with Crippen LogP contribution in [0.5, 0.6) is 23.0 Å².